The van der Waals surface area contributed by atoms with Gasteiger partial charge in [-0.05, 0) is 30.3 Å². The summed E-state index contributed by atoms with van der Waals surface area (Å²) < 4.78 is 5.36. The topological polar surface area (TPSA) is 41.5 Å². The number of ether oxygens (including phenoxy) is 1. The molecule has 13 heavy (non-hydrogen) atoms. The van der Waals surface area contributed by atoms with Gasteiger partial charge in [-0.1, -0.05) is 6.07 Å². The fourth-order valence-corrected chi connectivity index (χ4v) is 1.54. The Bertz CT molecular complexity index is 312. The van der Waals surface area contributed by atoms with E-state index in [1.807, 2.05) is 18.2 Å². The minimum Gasteiger partial charge on any atom is -0.493 e. The number of rotatable bonds is 2. The van der Waals surface area contributed by atoms with Crippen molar-refractivity contribution in [1.82, 2.24) is 5.32 Å². The largest absolute Gasteiger partial charge is 0.493 e. The van der Waals surface area contributed by atoms with Crippen LogP contribution in [0.3, 0.4) is 0 Å². The molecule has 3 heteroatoms. The summed E-state index contributed by atoms with van der Waals surface area (Å²) in [7, 11) is 1.73. The monoisotopic (exact) mass is 179 g/mol. The summed E-state index contributed by atoms with van der Waals surface area (Å²) in [5.74, 6) is 0.951. The van der Waals surface area contributed by atoms with Gasteiger partial charge in [-0.25, -0.2) is 0 Å². The van der Waals surface area contributed by atoms with Crippen LogP contribution in [0.25, 0.3) is 0 Å². The van der Waals surface area contributed by atoms with E-state index in [2.05, 4.69) is 5.32 Å². The molecular formula is C10H13NO2. The summed E-state index contributed by atoms with van der Waals surface area (Å²) in [4.78, 5) is 0. The molecule has 1 heterocycles. The molecule has 70 valence electrons. The van der Waals surface area contributed by atoms with Crippen LogP contribution in [0.2, 0.25) is 0 Å². The maximum Gasteiger partial charge on any atom is 0.130 e. The van der Waals surface area contributed by atoms with E-state index in [1.165, 1.54) is 5.56 Å². The third-order valence-corrected chi connectivity index (χ3v) is 2.30. The molecule has 2 rings (SSSR count). The molecule has 0 aliphatic carbocycles. The second-order valence-corrected chi connectivity index (χ2v) is 3.16. The van der Waals surface area contributed by atoms with E-state index >= 15 is 0 Å². The normalized spacial score (nSPS) is 16.5. The highest BCUT2D eigenvalue weighted by molar-refractivity contribution is 5.40. The SMILES string of the molecule is CNC(O)c1ccc2c(c1)CCO2. The van der Waals surface area contributed by atoms with E-state index in [-0.39, 0.29) is 0 Å². The Morgan fingerprint density at radius 3 is 3.15 bits per heavy atom. The van der Waals surface area contributed by atoms with Crippen molar-refractivity contribution in [2.24, 2.45) is 0 Å². The van der Waals surface area contributed by atoms with E-state index in [4.69, 9.17) is 4.74 Å². The van der Waals surface area contributed by atoms with Gasteiger partial charge in [0.05, 0.1) is 6.61 Å². The molecule has 0 spiro atoms. The van der Waals surface area contributed by atoms with Crippen molar-refractivity contribution in [3.8, 4) is 5.75 Å². The highest BCUT2D eigenvalue weighted by Gasteiger charge is 2.14. The van der Waals surface area contributed by atoms with Crippen LogP contribution in [0.5, 0.6) is 5.75 Å². The van der Waals surface area contributed by atoms with Crippen molar-refractivity contribution in [2.75, 3.05) is 13.7 Å². The Morgan fingerprint density at radius 1 is 1.54 bits per heavy atom. The van der Waals surface area contributed by atoms with Crippen molar-refractivity contribution in [1.29, 1.82) is 0 Å². The number of benzene rings is 1. The molecule has 0 bridgehead atoms. The van der Waals surface area contributed by atoms with Gasteiger partial charge in [-0.2, -0.15) is 0 Å². The van der Waals surface area contributed by atoms with Crippen LogP contribution in [0, 0.1) is 0 Å². The summed E-state index contributed by atoms with van der Waals surface area (Å²) in [6.45, 7) is 0.758. The number of fused-ring (bicyclic) bond motifs is 1. The second-order valence-electron chi connectivity index (χ2n) is 3.16. The maximum absolute atomic E-state index is 9.51. The molecule has 0 aromatic heterocycles. The summed E-state index contributed by atoms with van der Waals surface area (Å²) in [5.41, 5.74) is 2.08. The third-order valence-electron chi connectivity index (χ3n) is 2.30. The van der Waals surface area contributed by atoms with Crippen molar-refractivity contribution in [3.05, 3.63) is 29.3 Å². The van der Waals surface area contributed by atoms with Crippen molar-refractivity contribution >= 4 is 0 Å². The van der Waals surface area contributed by atoms with Gasteiger partial charge in [0.15, 0.2) is 0 Å². The van der Waals surface area contributed by atoms with E-state index in [9.17, 15) is 5.11 Å². The van der Waals surface area contributed by atoms with Gasteiger partial charge in [0.25, 0.3) is 0 Å². The predicted molar refractivity (Wildman–Crippen MR) is 49.7 cm³/mol. The molecular weight excluding hydrogens is 166 g/mol. The number of aliphatic hydroxyl groups is 1. The summed E-state index contributed by atoms with van der Waals surface area (Å²) >= 11 is 0. The first-order valence-corrected chi connectivity index (χ1v) is 4.42. The summed E-state index contributed by atoms with van der Waals surface area (Å²) in [6.07, 6.45) is 0.366. The second kappa shape index (κ2) is 3.36. The predicted octanol–water partition coefficient (Wildman–Crippen LogP) is 0.832. The maximum atomic E-state index is 9.51. The molecule has 1 aliphatic rings. The van der Waals surface area contributed by atoms with E-state index < -0.39 is 6.23 Å². The van der Waals surface area contributed by atoms with Crippen LogP contribution >= 0.6 is 0 Å². The molecule has 0 saturated heterocycles. The van der Waals surface area contributed by atoms with Gasteiger partial charge < -0.3 is 9.84 Å². The minimum absolute atomic E-state index is 0.578. The molecule has 0 saturated carbocycles. The van der Waals surface area contributed by atoms with Crippen molar-refractivity contribution in [2.45, 2.75) is 12.6 Å². The van der Waals surface area contributed by atoms with Gasteiger partial charge in [-0.15, -0.1) is 0 Å². The quantitative estimate of drug-likeness (QED) is 0.661. The molecule has 1 aromatic rings. The van der Waals surface area contributed by atoms with Crippen LogP contribution < -0.4 is 10.1 Å². The van der Waals surface area contributed by atoms with Gasteiger partial charge in [-0.3, -0.25) is 5.32 Å². The molecule has 1 unspecified atom stereocenters. The smallest absolute Gasteiger partial charge is 0.130 e. The van der Waals surface area contributed by atoms with Gasteiger partial charge in [0.1, 0.15) is 12.0 Å². The van der Waals surface area contributed by atoms with Crippen LogP contribution in [-0.2, 0) is 6.42 Å². The number of hydrogen-bond acceptors (Lipinski definition) is 3. The van der Waals surface area contributed by atoms with E-state index in [0.717, 1.165) is 24.3 Å². The molecule has 2 N–H and O–H groups in total. The summed E-state index contributed by atoms with van der Waals surface area (Å²) in [6, 6.07) is 5.78. The standard InChI is InChI=1S/C10H13NO2/c1-11-10(12)8-2-3-9-7(6-8)4-5-13-9/h2-3,6,10-12H,4-5H2,1H3. The van der Waals surface area contributed by atoms with Crippen molar-refractivity contribution in [3.63, 3.8) is 0 Å². The van der Waals surface area contributed by atoms with E-state index in [1.54, 1.807) is 7.05 Å². The highest BCUT2D eigenvalue weighted by atomic mass is 16.5. The Balaban J connectivity index is 2.30. The molecule has 0 radical (unpaired) electrons. The Labute approximate surface area is 77.3 Å². The number of aliphatic hydroxyl groups excluding tert-OH is 1. The Morgan fingerprint density at radius 2 is 2.38 bits per heavy atom. The zero-order chi connectivity index (χ0) is 9.26. The van der Waals surface area contributed by atoms with Gasteiger partial charge in [0.2, 0.25) is 0 Å². The lowest BCUT2D eigenvalue weighted by Crippen LogP contribution is -2.15. The van der Waals surface area contributed by atoms with E-state index in [0.29, 0.717) is 0 Å². The Kier molecular flexibility index (Phi) is 2.20. The zero-order valence-corrected chi connectivity index (χ0v) is 7.58. The first kappa shape index (κ1) is 8.53. The Hall–Kier alpha value is -1.06. The minimum atomic E-state index is -0.578. The highest BCUT2D eigenvalue weighted by Crippen LogP contribution is 2.27. The lowest BCUT2D eigenvalue weighted by atomic mass is 10.1. The van der Waals surface area contributed by atoms with Crippen LogP contribution in [0.1, 0.15) is 17.4 Å². The molecule has 1 aromatic carbocycles. The molecule has 0 fully saturated rings. The lowest BCUT2D eigenvalue weighted by molar-refractivity contribution is 0.149. The molecule has 1 atom stereocenters. The van der Waals surface area contributed by atoms with Gasteiger partial charge >= 0.3 is 0 Å². The number of nitrogens with one attached hydrogen (secondary N) is 1. The number of hydrogen-bond donors (Lipinski definition) is 2. The fraction of sp³-hybridized carbons (Fsp3) is 0.400. The molecule has 3 nitrogen and oxygen atoms in total. The fourth-order valence-electron chi connectivity index (χ4n) is 1.54. The first-order valence-electron chi connectivity index (χ1n) is 4.42. The third kappa shape index (κ3) is 1.53. The summed E-state index contributed by atoms with van der Waals surface area (Å²) in [5, 5.41) is 12.3. The van der Waals surface area contributed by atoms with Crippen molar-refractivity contribution < 1.29 is 9.84 Å². The average molecular weight is 179 g/mol. The first-order chi connectivity index (χ1) is 6.31. The molecule has 0 amide bonds. The average Bonchev–Trinajstić information content (AvgIpc) is 2.63. The van der Waals surface area contributed by atoms with Crippen LogP contribution in [0.15, 0.2) is 18.2 Å². The molecule has 1 aliphatic heterocycles. The van der Waals surface area contributed by atoms with Crippen LogP contribution in [-0.4, -0.2) is 18.8 Å². The lowest BCUT2D eigenvalue weighted by Gasteiger charge is -2.10. The zero-order valence-electron chi connectivity index (χ0n) is 7.58. The van der Waals surface area contributed by atoms with Crippen LogP contribution in [0.4, 0.5) is 0 Å². The van der Waals surface area contributed by atoms with Gasteiger partial charge in [0, 0.05) is 6.42 Å².